The number of rotatable bonds is 0. The van der Waals surface area contributed by atoms with Gasteiger partial charge in [0.05, 0.1) is 5.52 Å². The average Bonchev–Trinajstić information content (AvgIpc) is 3.05. The van der Waals surface area contributed by atoms with Crippen molar-refractivity contribution >= 4 is 21.8 Å². The largest absolute Gasteiger partial charge is 0.354 e. The first-order valence-corrected chi connectivity index (χ1v) is 7.85. The summed E-state index contributed by atoms with van der Waals surface area (Å²) >= 11 is 0. The summed E-state index contributed by atoms with van der Waals surface area (Å²) in [7, 11) is 0. The molecular formula is C21H17N. The summed E-state index contributed by atoms with van der Waals surface area (Å²) in [4.78, 5) is 3.67. The monoisotopic (exact) mass is 283 g/mol. The summed E-state index contributed by atoms with van der Waals surface area (Å²) in [5.41, 5.74) is 11.0. The van der Waals surface area contributed by atoms with Gasteiger partial charge >= 0.3 is 0 Å². The minimum absolute atomic E-state index is 1.04. The van der Waals surface area contributed by atoms with Crippen molar-refractivity contribution in [3.8, 4) is 11.1 Å². The molecule has 1 N–H and O–H groups in total. The second-order valence-corrected chi connectivity index (χ2v) is 6.48. The molecule has 1 heteroatoms. The smallest absolute Gasteiger partial charge is 0.0509 e. The van der Waals surface area contributed by atoms with E-state index in [1.165, 1.54) is 55.2 Å². The Bertz CT molecular complexity index is 1070. The minimum atomic E-state index is 1.04. The van der Waals surface area contributed by atoms with E-state index in [1.807, 2.05) is 0 Å². The number of aromatic nitrogens is 1. The van der Waals surface area contributed by atoms with Gasteiger partial charge in [-0.3, -0.25) is 0 Å². The number of hydrogen-bond acceptors (Lipinski definition) is 0. The molecule has 0 saturated carbocycles. The van der Waals surface area contributed by atoms with Crippen molar-refractivity contribution < 1.29 is 0 Å². The first kappa shape index (κ1) is 12.0. The lowest BCUT2D eigenvalue weighted by Gasteiger charge is -2.06. The maximum atomic E-state index is 3.67. The number of nitrogens with one attached hydrogen (secondary N) is 1. The molecule has 0 amide bonds. The molecule has 1 aliphatic carbocycles. The Morgan fingerprint density at radius 1 is 0.909 bits per heavy atom. The zero-order valence-electron chi connectivity index (χ0n) is 12.8. The number of H-pyrrole nitrogens is 1. The molecule has 0 atom stereocenters. The molecule has 0 unspecified atom stereocenters. The van der Waals surface area contributed by atoms with Crippen LogP contribution in [0.4, 0.5) is 0 Å². The predicted molar refractivity (Wildman–Crippen MR) is 93.5 cm³/mol. The van der Waals surface area contributed by atoms with E-state index in [0.29, 0.717) is 0 Å². The molecule has 0 aliphatic heterocycles. The molecule has 0 spiro atoms. The Morgan fingerprint density at radius 2 is 1.77 bits per heavy atom. The molecule has 1 aromatic heterocycles. The molecule has 1 nitrogen and oxygen atoms in total. The SMILES string of the molecule is Cc1ccc2c(c1)Cc1c-2cc(C)c2c1[nH]c1ccccc12. The molecule has 5 rings (SSSR count). The van der Waals surface area contributed by atoms with E-state index >= 15 is 0 Å². The number of aromatic amines is 1. The molecular weight excluding hydrogens is 266 g/mol. The van der Waals surface area contributed by atoms with Crippen molar-refractivity contribution in [1.29, 1.82) is 0 Å². The lowest BCUT2D eigenvalue weighted by molar-refractivity contribution is 1.25. The second kappa shape index (κ2) is 4.01. The lowest BCUT2D eigenvalue weighted by atomic mass is 9.98. The fourth-order valence-corrected chi connectivity index (χ4v) is 4.03. The highest BCUT2D eigenvalue weighted by atomic mass is 14.7. The van der Waals surface area contributed by atoms with Gasteiger partial charge in [0.1, 0.15) is 0 Å². The van der Waals surface area contributed by atoms with Gasteiger partial charge in [-0.1, -0.05) is 48.0 Å². The fraction of sp³-hybridized carbons (Fsp3) is 0.143. The van der Waals surface area contributed by atoms with E-state index in [1.54, 1.807) is 0 Å². The topological polar surface area (TPSA) is 15.8 Å². The van der Waals surface area contributed by atoms with E-state index in [0.717, 1.165) is 6.42 Å². The Kier molecular flexibility index (Phi) is 2.20. The van der Waals surface area contributed by atoms with Crippen LogP contribution in [-0.2, 0) is 6.42 Å². The summed E-state index contributed by atoms with van der Waals surface area (Å²) in [5.74, 6) is 0. The third-order valence-corrected chi connectivity index (χ3v) is 5.01. The Balaban J connectivity index is 1.93. The molecule has 0 saturated heterocycles. The van der Waals surface area contributed by atoms with Crippen molar-refractivity contribution in [2.45, 2.75) is 20.3 Å². The molecule has 106 valence electrons. The quantitative estimate of drug-likeness (QED) is 0.386. The predicted octanol–water partition coefficient (Wildman–Crippen LogP) is 5.51. The first-order chi connectivity index (χ1) is 10.7. The number of fused-ring (bicyclic) bond motifs is 7. The van der Waals surface area contributed by atoms with Gasteiger partial charge in [0.25, 0.3) is 0 Å². The summed E-state index contributed by atoms with van der Waals surface area (Å²) in [6, 6.07) is 17.8. The first-order valence-electron chi connectivity index (χ1n) is 7.85. The maximum absolute atomic E-state index is 3.67. The summed E-state index contributed by atoms with van der Waals surface area (Å²) in [5, 5.41) is 2.73. The van der Waals surface area contributed by atoms with Crippen LogP contribution in [0.1, 0.15) is 22.3 Å². The maximum Gasteiger partial charge on any atom is 0.0509 e. The molecule has 22 heavy (non-hydrogen) atoms. The van der Waals surface area contributed by atoms with Gasteiger partial charge in [-0.25, -0.2) is 0 Å². The van der Waals surface area contributed by atoms with Crippen LogP contribution in [0, 0.1) is 13.8 Å². The van der Waals surface area contributed by atoms with E-state index < -0.39 is 0 Å². The van der Waals surface area contributed by atoms with Crippen LogP contribution < -0.4 is 0 Å². The minimum Gasteiger partial charge on any atom is -0.354 e. The zero-order valence-corrected chi connectivity index (χ0v) is 12.8. The zero-order chi connectivity index (χ0) is 14.8. The standard InChI is InChI=1S/C21H17N/c1-12-7-8-15-14(9-12)11-18-17(15)10-13(2)20-16-5-3-4-6-19(16)22-21(18)20/h3-10,22H,11H2,1-2H3. The van der Waals surface area contributed by atoms with Crippen LogP contribution in [0.15, 0.2) is 48.5 Å². The van der Waals surface area contributed by atoms with Gasteiger partial charge < -0.3 is 4.98 Å². The summed E-state index contributed by atoms with van der Waals surface area (Å²) < 4.78 is 0. The number of benzene rings is 3. The molecule has 3 aromatic carbocycles. The highest BCUT2D eigenvalue weighted by Crippen LogP contribution is 2.43. The Hall–Kier alpha value is -2.54. The van der Waals surface area contributed by atoms with Crippen molar-refractivity contribution in [3.05, 3.63) is 70.8 Å². The van der Waals surface area contributed by atoms with E-state index in [9.17, 15) is 0 Å². The molecule has 0 radical (unpaired) electrons. The lowest BCUT2D eigenvalue weighted by Crippen LogP contribution is -1.86. The van der Waals surface area contributed by atoms with Crippen LogP contribution in [-0.4, -0.2) is 4.98 Å². The third-order valence-electron chi connectivity index (χ3n) is 5.01. The van der Waals surface area contributed by atoms with Crippen LogP contribution in [0.3, 0.4) is 0 Å². The molecule has 1 heterocycles. The van der Waals surface area contributed by atoms with Gasteiger partial charge in [-0.2, -0.15) is 0 Å². The average molecular weight is 283 g/mol. The highest BCUT2D eigenvalue weighted by Gasteiger charge is 2.23. The van der Waals surface area contributed by atoms with E-state index in [-0.39, 0.29) is 0 Å². The molecule has 4 aromatic rings. The fourth-order valence-electron chi connectivity index (χ4n) is 4.03. The van der Waals surface area contributed by atoms with Crippen molar-refractivity contribution in [3.63, 3.8) is 0 Å². The van der Waals surface area contributed by atoms with Crippen molar-refractivity contribution in [2.75, 3.05) is 0 Å². The van der Waals surface area contributed by atoms with Crippen molar-refractivity contribution in [2.24, 2.45) is 0 Å². The normalized spacial score (nSPS) is 12.8. The van der Waals surface area contributed by atoms with Gasteiger partial charge in [0.2, 0.25) is 0 Å². The van der Waals surface area contributed by atoms with Crippen LogP contribution in [0.5, 0.6) is 0 Å². The van der Waals surface area contributed by atoms with Gasteiger partial charge in [-0.05, 0) is 47.7 Å². The van der Waals surface area contributed by atoms with Gasteiger partial charge in [-0.15, -0.1) is 0 Å². The second-order valence-electron chi connectivity index (χ2n) is 6.48. The highest BCUT2D eigenvalue weighted by molar-refractivity contribution is 6.12. The van der Waals surface area contributed by atoms with E-state index in [4.69, 9.17) is 0 Å². The number of aryl methyl sites for hydroxylation is 2. The Labute approximate surface area is 129 Å². The molecule has 0 fully saturated rings. The van der Waals surface area contributed by atoms with Crippen LogP contribution >= 0.6 is 0 Å². The molecule has 0 bridgehead atoms. The summed E-state index contributed by atoms with van der Waals surface area (Å²) in [6.45, 7) is 4.40. The number of para-hydroxylation sites is 1. The van der Waals surface area contributed by atoms with Gasteiger partial charge in [0, 0.05) is 22.7 Å². The number of hydrogen-bond donors (Lipinski definition) is 1. The Morgan fingerprint density at radius 3 is 2.68 bits per heavy atom. The van der Waals surface area contributed by atoms with E-state index in [2.05, 4.69) is 67.4 Å². The van der Waals surface area contributed by atoms with Crippen LogP contribution in [0.25, 0.3) is 32.9 Å². The van der Waals surface area contributed by atoms with Crippen LogP contribution in [0.2, 0.25) is 0 Å². The molecule has 1 aliphatic rings. The third kappa shape index (κ3) is 1.43. The van der Waals surface area contributed by atoms with Gasteiger partial charge in [0.15, 0.2) is 0 Å². The van der Waals surface area contributed by atoms with Crippen molar-refractivity contribution in [1.82, 2.24) is 4.98 Å². The summed E-state index contributed by atoms with van der Waals surface area (Å²) in [6.07, 6.45) is 1.04.